The molecule has 0 aromatic heterocycles. The lowest BCUT2D eigenvalue weighted by atomic mass is 10.0. The van der Waals surface area contributed by atoms with Crippen molar-refractivity contribution in [3.63, 3.8) is 0 Å². The number of nitrogens with zero attached hydrogens (tertiary/aromatic N) is 1. The van der Waals surface area contributed by atoms with Gasteiger partial charge in [0.05, 0.1) is 12.1 Å². The zero-order valence-electron chi connectivity index (χ0n) is 10.7. The predicted molar refractivity (Wildman–Crippen MR) is 68.6 cm³/mol. The molecule has 0 radical (unpaired) electrons. The van der Waals surface area contributed by atoms with Crippen molar-refractivity contribution in [2.75, 3.05) is 6.54 Å². The Bertz CT molecular complexity index is 390. The van der Waals surface area contributed by atoms with Gasteiger partial charge < -0.3 is 10.2 Å². The molecule has 3 nitrogen and oxygen atoms in total. The summed E-state index contributed by atoms with van der Waals surface area (Å²) < 4.78 is 0. The summed E-state index contributed by atoms with van der Waals surface area (Å²) in [5, 5.41) is 3.27. The molecular formula is C14H20N2O. The molecule has 2 rings (SSSR count). The SMILES string of the molecule is CC(c1ccccc1)N1C[C@H](C)N[C@@H](C)C1=O. The zero-order chi connectivity index (χ0) is 12.4. The van der Waals surface area contributed by atoms with E-state index in [-0.39, 0.29) is 18.0 Å². The molecule has 1 unspecified atom stereocenters. The van der Waals surface area contributed by atoms with Gasteiger partial charge in [0.15, 0.2) is 0 Å². The molecule has 1 N–H and O–H groups in total. The van der Waals surface area contributed by atoms with Gasteiger partial charge in [0.1, 0.15) is 0 Å². The number of benzene rings is 1. The highest BCUT2D eigenvalue weighted by Crippen LogP contribution is 2.22. The minimum absolute atomic E-state index is 0.0788. The Hall–Kier alpha value is -1.35. The van der Waals surface area contributed by atoms with Gasteiger partial charge >= 0.3 is 0 Å². The van der Waals surface area contributed by atoms with Crippen LogP contribution in [0.5, 0.6) is 0 Å². The van der Waals surface area contributed by atoms with E-state index in [2.05, 4.69) is 31.3 Å². The maximum absolute atomic E-state index is 12.1. The number of piperazine rings is 1. The van der Waals surface area contributed by atoms with E-state index in [1.54, 1.807) is 0 Å². The molecule has 1 aliphatic heterocycles. The van der Waals surface area contributed by atoms with Crippen LogP contribution in [0.1, 0.15) is 32.4 Å². The van der Waals surface area contributed by atoms with Crippen molar-refractivity contribution < 1.29 is 4.79 Å². The summed E-state index contributed by atoms with van der Waals surface area (Å²) in [6, 6.07) is 10.6. The van der Waals surface area contributed by atoms with Crippen molar-refractivity contribution in [1.82, 2.24) is 10.2 Å². The minimum Gasteiger partial charge on any atom is -0.333 e. The average molecular weight is 232 g/mol. The number of carbonyl (C=O) groups excluding carboxylic acids is 1. The van der Waals surface area contributed by atoms with Gasteiger partial charge in [-0.15, -0.1) is 0 Å². The minimum atomic E-state index is -0.0788. The molecule has 1 aliphatic rings. The molecule has 1 amide bonds. The number of hydrogen-bond donors (Lipinski definition) is 1. The topological polar surface area (TPSA) is 32.3 Å². The highest BCUT2D eigenvalue weighted by molar-refractivity contribution is 5.82. The summed E-state index contributed by atoms with van der Waals surface area (Å²) in [6.45, 7) is 6.92. The summed E-state index contributed by atoms with van der Waals surface area (Å²) in [5.41, 5.74) is 1.20. The highest BCUT2D eigenvalue weighted by Gasteiger charge is 2.31. The fraction of sp³-hybridized carbons (Fsp3) is 0.500. The van der Waals surface area contributed by atoms with Gasteiger partial charge in [0, 0.05) is 12.6 Å². The third-order valence-corrected chi connectivity index (χ3v) is 3.41. The van der Waals surface area contributed by atoms with Crippen LogP contribution in [0.15, 0.2) is 30.3 Å². The number of hydrogen-bond acceptors (Lipinski definition) is 2. The third-order valence-electron chi connectivity index (χ3n) is 3.41. The lowest BCUT2D eigenvalue weighted by molar-refractivity contribution is -0.138. The normalized spacial score (nSPS) is 27.0. The zero-order valence-corrected chi connectivity index (χ0v) is 10.7. The molecule has 3 atom stereocenters. The van der Waals surface area contributed by atoms with Gasteiger partial charge in [0.25, 0.3) is 0 Å². The first-order valence-electron chi connectivity index (χ1n) is 6.21. The van der Waals surface area contributed by atoms with Crippen molar-refractivity contribution in [3.8, 4) is 0 Å². The second kappa shape index (κ2) is 4.88. The Morgan fingerprint density at radius 1 is 1.29 bits per heavy atom. The molecule has 92 valence electrons. The lowest BCUT2D eigenvalue weighted by Crippen LogP contribution is -2.58. The second-order valence-electron chi connectivity index (χ2n) is 4.87. The molecule has 1 fully saturated rings. The van der Waals surface area contributed by atoms with Crippen LogP contribution in [0.4, 0.5) is 0 Å². The molecule has 0 aliphatic carbocycles. The van der Waals surface area contributed by atoms with Crippen LogP contribution in [-0.4, -0.2) is 29.4 Å². The van der Waals surface area contributed by atoms with Crippen LogP contribution in [0.2, 0.25) is 0 Å². The maximum atomic E-state index is 12.1. The summed E-state index contributed by atoms with van der Waals surface area (Å²) in [6.07, 6.45) is 0. The molecular weight excluding hydrogens is 212 g/mol. The summed E-state index contributed by atoms with van der Waals surface area (Å²) in [5.74, 6) is 0.194. The fourth-order valence-corrected chi connectivity index (χ4v) is 2.44. The summed E-state index contributed by atoms with van der Waals surface area (Å²) in [4.78, 5) is 14.1. The molecule has 0 saturated carbocycles. The molecule has 0 spiro atoms. The number of amides is 1. The standard InChI is InChI=1S/C14H20N2O/c1-10-9-16(14(17)11(2)15-10)12(3)13-7-5-4-6-8-13/h4-8,10-12,15H,9H2,1-3H3/t10-,11-,12?/m0/s1. The second-order valence-corrected chi connectivity index (χ2v) is 4.87. The van der Waals surface area contributed by atoms with Crippen LogP contribution in [0.3, 0.4) is 0 Å². The molecule has 0 bridgehead atoms. The largest absolute Gasteiger partial charge is 0.333 e. The van der Waals surface area contributed by atoms with Gasteiger partial charge in [-0.3, -0.25) is 4.79 Å². The molecule has 1 aromatic rings. The number of carbonyl (C=O) groups is 1. The van der Waals surface area contributed by atoms with E-state index in [9.17, 15) is 4.79 Å². The van der Waals surface area contributed by atoms with Crippen molar-refractivity contribution in [3.05, 3.63) is 35.9 Å². The maximum Gasteiger partial charge on any atom is 0.239 e. The van der Waals surface area contributed by atoms with E-state index in [1.807, 2.05) is 30.0 Å². The Morgan fingerprint density at radius 3 is 2.59 bits per heavy atom. The van der Waals surface area contributed by atoms with Crippen LogP contribution < -0.4 is 5.32 Å². The van der Waals surface area contributed by atoms with Gasteiger partial charge in [0.2, 0.25) is 5.91 Å². The molecule has 1 heterocycles. The van der Waals surface area contributed by atoms with Crippen LogP contribution in [0.25, 0.3) is 0 Å². The van der Waals surface area contributed by atoms with E-state index < -0.39 is 0 Å². The Kier molecular flexibility index (Phi) is 3.48. The number of rotatable bonds is 2. The van der Waals surface area contributed by atoms with Crippen molar-refractivity contribution >= 4 is 5.91 Å². The van der Waals surface area contributed by atoms with E-state index in [1.165, 1.54) is 5.56 Å². The molecule has 1 saturated heterocycles. The molecule has 17 heavy (non-hydrogen) atoms. The van der Waals surface area contributed by atoms with Crippen molar-refractivity contribution in [2.45, 2.75) is 38.9 Å². The monoisotopic (exact) mass is 232 g/mol. The van der Waals surface area contributed by atoms with E-state index >= 15 is 0 Å². The number of nitrogens with one attached hydrogen (secondary N) is 1. The van der Waals surface area contributed by atoms with Crippen molar-refractivity contribution in [1.29, 1.82) is 0 Å². The first-order chi connectivity index (χ1) is 8.09. The van der Waals surface area contributed by atoms with E-state index in [0.717, 1.165) is 6.54 Å². The molecule has 3 heteroatoms. The van der Waals surface area contributed by atoms with Crippen LogP contribution in [-0.2, 0) is 4.79 Å². The van der Waals surface area contributed by atoms with E-state index in [0.29, 0.717) is 6.04 Å². The Labute approximate surface area is 103 Å². The van der Waals surface area contributed by atoms with Crippen LogP contribution in [0, 0.1) is 0 Å². The van der Waals surface area contributed by atoms with Gasteiger partial charge in [-0.1, -0.05) is 30.3 Å². The fourth-order valence-electron chi connectivity index (χ4n) is 2.44. The lowest BCUT2D eigenvalue weighted by Gasteiger charge is -2.39. The highest BCUT2D eigenvalue weighted by atomic mass is 16.2. The van der Waals surface area contributed by atoms with Gasteiger partial charge in [-0.05, 0) is 26.3 Å². The summed E-state index contributed by atoms with van der Waals surface area (Å²) >= 11 is 0. The van der Waals surface area contributed by atoms with E-state index in [4.69, 9.17) is 0 Å². The average Bonchev–Trinajstić information content (AvgIpc) is 2.34. The van der Waals surface area contributed by atoms with Gasteiger partial charge in [-0.25, -0.2) is 0 Å². The predicted octanol–water partition coefficient (Wildman–Crippen LogP) is 1.96. The third kappa shape index (κ3) is 2.50. The quantitative estimate of drug-likeness (QED) is 0.845. The Morgan fingerprint density at radius 2 is 1.94 bits per heavy atom. The van der Waals surface area contributed by atoms with Crippen LogP contribution >= 0.6 is 0 Å². The smallest absolute Gasteiger partial charge is 0.239 e. The summed E-state index contributed by atoms with van der Waals surface area (Å²) in [7, 11) is 0. The molecule has 1 aromatic carbocycles. The first kappa shape index (κ1) is 12.1. The van der Waals surface area contributed by atoms with Gasteiger partial charge in [-0.2, -0.15) is 0 Å². The first-order valence-corrected chi connectivity index (χ1v) is 6.21. The van der Waals surface area contributed by atoms with Crippen molar-refractivity contribution in [2.24, 2.45) is 0 Å². The Balaban J connectivity index is 2.18.